The maximum Gasteiger partial charge on any atom is 0.195 e. The molecule has 2 rings (SSSR count). The van der Waals surface area contributed by atoms with E-state index >= 15 is 0 Å². The van der Waals surface area contributed by atoms with Crippen LogP contribution in [-0.2, 0) is 0 Å². The first-order valence-electron chi connectivity index (χ1n) is 5.28. The van der Waals surface area contributed by atoms with E-state index in [0.717, 1.165) is 10.7 Å². The molecule has 0 amide bonds. The zero-order valence-corrected chi connectivity index (χ0v) is 12.2. The zero-order valence-electron chi connectivity index (χ0n) is 9.85. The summed E-state index contributed by atoms with van der Waals surface area (Å²) in [6.45, 7) is 4.00. The van der Waals surface area contributed by atoms with Crippen molar-refractivity contribution in [2.45, 2.75) is 19.9 Å². The number of imidazole rings is 1. The lowest BCUT2D eigenvalue weighted by Gasteiger charge is -2.09. The molecule has 0 saturated carbocycles. The van der Waals surface area contributed by atoms with Crippen LogP contribution in [0.4, 0.5) is 0 Å². The predicted octanol–water partition coefficient (Wildman–Crippen LogP) is 2.26. The van der Waals surface area contributed by atoms with E-state index in [0.29, 0.717) is 10.3 Å². The standard InChI is InChI=1S/C10H12ClN5S2/c1-6(2)13-9(17)15-12-5-7-8(11)14-10-16(7)3-4-18-10/h3-6H,1-2H3,(H2,13,15,17)/b12-5-. The Morgan fingerprint density at radius 2 is 2.44 bits per heavy atom. The Hall–Kier alpha value is -1.18. The molecule has 0 aliphatic heterocycles. The number of hydrazone groups is 1. The molecular formula is C10H12ClN5S2. The van der Waals surface area contributed by atoms with E-state index in [2.05, 4.69) is 20.8 Å². The molecule has 0 bridgehead atoms. The van der Waals surface area contributed by atoms with Gasteiger partial charge in [0.05, 0.1) is 6.21 Å². The van der Waals surface area contributed by atoms with E-state index in [4.69, 9.17) is 23.8 Å². The molecule has 0 spiro atoms. The fraction of sp³-hybridized carbons (Fsp3) is 0.300. The zero-order chi connectivity index (χ0) is 13.1. The molecule has 0 aliphatic carbocycles. The van der Waals surface area contributed by atoms with Gasteiger partial charge in [-0.2, -0.15) is 5.10 Å². The number of aromatic nitrogens is 2. The monoisotopic (exact) mass is 301 g/mol. The molecule has 2 aromatic rings. The van der Waals surface area contributed by atoms with Gasteiger partial charge in [-0.3, -0.25) is 9.83 Å². The predicted molar refractivity (Wildman–Crippen MR) is 79.7 cm³/mol. The summed E-state index contributed by atoms with van der Waals surface area (Å²) in [4.78, 5) is 5.04. The Kier molecular flexibility index (Phi) is 4.15. The van der Waals surface area contributed by atoms with E-state index in [1.807, 2.05) is 29.8 Å². The van der Waals surface area contributed by atoms with Crippen LogP contribution in [0.5, 0.6) is 0 Å². The van der Waals surface area contributed by atoms with Crippen LogP contribution in [0.2, 0.25) is 5.15 Å². The first kappa shape index (κ1) is 13.3. The van der Waals surface area contributed by atoms with Crippen LogP contribution in [-0.4, -0.2) is 26.8 Å². The molecule has 2 aromatic heterocycles. The van der Waals surface area contributed by atoms with Gasteiger partial charge in [0.15, 0.2) is 15.2 Å². The number of nitrogens with one attached hydrogen (secondary N) is 2. The SMILES string of the molecule is CC(C)NC(=S)N/N=C\c1c(Cl)nc2sccn12. The smallest absolute Gasteiger partial charge is 0.195 e. The molecule has 8 heteroatoms. The summed E-state index contributed by atoms with van der Waals surface area (Å²) in [6, 6.07) is 0.266. The number of halogens is 1. The van der Waals surface area contributed by atoms with Gasteiger partial charge in [0, 0.05) is 17.6 Å². The molecule has 0 aliphatic rings. The van der Waals surface area contributed by atoms with E-state index in [1.165, 1.54) is 11.3 Å². The largest absolute Gasteiger partial charge is 0.359 e. The first-order valence-corrected chi connectivity index (χ1v) is 6.95. The van der Waals surface area contributed by atoms with Crippen molar-refractivity contribution in [3.63, 3.8) is 0 Å². The Labute approximate surface area is 119 Å². The van der Waals surface area contributed by atoms with Gasteiger partial charge in [0.25, 0.3) is 0 Å². The molecule has 0 saturated heterocycles. The highest BCUT2D eigenvalue weighted by molar-refractivity contribution is 7.80. The topological polar surface area (TPSA) is 53.7 Å². The third kappa shape index (κ3) is 2.98. The van der Waals surface area contributed by atoms with Crippen molar-refractivity contribution in [2.75, 3.05) is 0 Å². The molecule has 2 heterocycles. The van der Waals surface area contributed by atoms with Gasteiger partial charge in [0.2, 0.25) is 0 Å². The first-order chi connectivity index (χ1) is 8.58. The summed E-state index contributed by atoms with van der Waals surface area (Å²) in [7, 11) is 0. The summed E-state index contributed by atoms with van der Waals surface area (Å²) in [5.41, 5.74) is 3.46. The average molecular weight is 302 g/mol. The van der Waals surface area contributed by atoms with Crippen LogP contribution in [0, 0.1) is 0 Å². The van der Waals surface area contributed by atoms with Crippen LogP contribution in [0.25, 0.3) is 4.96 Å². The summed E-state index contributed by atoms with van der Waals surface area (Å²) in [6.07, 6.45) is 3.49. The second-order valence-electron chi connectivity index (χ2n) is 3.84. The Bertz CT molecular complexity index is 586. The van der Waals surface area contributed by atoms with Gasteiger partial charge in [-0.15, -0.1) is 11.3 Å². The Morgan fingerprint density at radius 1 is 1.67 bits per heavy atom. The van der Waals surface area contributed by atoms with Gasteiger partial charge in [0.1, 0.15) is 5.69 Å². The van der Waals surface area contributed by atoms with Crippen LogP contribution >= 0.6 is 35.2 Å². The van der Waals surface area contributed by atoms with Crippen molar-refractivity contribution < 1.29 is 0 Å². The van der Waals surface area contributed by atoms with Crippen LogP contribution < -0.4 is 10.7 Å². The van der Waals surface area contributed by atoms with E-state index < -0.39 is 0 Å². The minimum Gasteiger partial charge on any atom is -0.359 e. The van der Waals surface area contributed by atoms with Crippen LogP contribution in [0.3, 0.4) is 0 Å². The third-order valence-electron chi connectivity index (χ3n) is 2.03. The molecule has 2 N–H and O–H groups in total. The highest BCUT2D eigenvalue weighted by atomic mass is 35.5. The van der Waals surface area contributed by atoms with E-state index in [9.17, 15) is 0 Å². The van der Waals surface area contributed by atoms with E-state index in [-0.39, 0.29) is 6.04 Å². The normalized spacial score (nSPS) is 11.6. The van der Waals surface area contributed by atoms with Crippen molar-refractivity contribution in [2.24, 2.45) is 5.10 Å². The number of thiocarbonyl (C=S) groups is 1. The fourth-order valence-electron chi connectivity index (χ4n) is 1.34. The molecule has 0 aromatic carbocycles. The quantitative estimate of drug-likeness (QED) is 0.519. The van der Waals surface area contributed by atoms with E-state index in [1.54, 1.807) is 6.21 Å². The lowest BCUT2D eigenvalue weighted by Crippen LogP contribution is -2.36. The summed E-state index contributed by atoms with van der Waals surface area (Å²) < 4.78 is 1.87. The molecule has 18 heavy (non-hydrogen) atoms. The van der Waals surface area contributed by atoms with Crippen molar-refractivity contribution in [3.8, 4) is 0 Å². The van der Waals surface area contributed by atoms with Crippen molar-refractivity contribution in [1.82, 2.24) is 20.1 Å². The van der Waals surface area contributed by atoms with Gasteiger partial charge >= 0.3 is 0 Å². The number of thiazole rings is 1. The highest BCUT2D eigenvalue weighted by Gasteiger charge is 2.08. The molecule has 0 radical (unpaired) electrons. The molecule has 0 unspecified atom stereocenters. The lowest BCUT2D eigenvalue weighted by molar-refractivity contribution is 0.719. The van der Waals surface area contributed by atoms with Gasteiger partial charge in [-0.25, -0.2) is 4.98 Å². The maximum absolute atomic E-state index is 6.02. The lowest BCUT2D eigenvalue weighted by atomic mass is 10.4. The molecule has 0 fully saturated rings. The van der Waals surface area contributed by atoms with Crippen molar-refractivity contribution >= 4 is 51.4 Å². The van der Waals surface area contributed by atoms with Crippen molar-refractivity contribution in [1.29, 1.82) is 0 Å². The second kappa shape index (κ2) is 5.64. The van der Waals surface area contributed by atoms with Crippen LogP contribution in [0.1, 0.15) is 19.5 Å². The van der Waals surface area contributed by atoms with Crippen LogP contribution in [0.15, 0.2) is 16.7 Å². The summed E-state index contributed by atoms with van der Waals surface area (Å²) in [5, 5.41) is 9.90. The van der Waals surface area contributed by atoms with Gasteiger partial charge in [-0.05, 0) is 26.1 Å². The Balaban J connectivity index is 2.07. The number of hydrogen-bond donors (Lipinski definition) is 2. The number of rotatable bonds is 3. The average Bonchev–Trinajstić information content (AvgIpc) is 2.80. The fourth-order valence-corrected chi connectivity index (χ4v) is 2.62. The third-order valence-corrected chi connectivity index (χ3v) is 3.27. The highest BCUT2D eigenvalue weighted by Crippen LogP contribution is 2.19. The maximum atomic E-state index is 6.02. The number of fused-ring (bicyclic) bond motifs is 1. The van der Waals surface area contributed by atoms with Gasteiger partial charge < -0.3 is 5.32 Å². The van der Waals surface area contributed by atoms with Crippen molar-refractivity contribution in [3.05, 3.63) is 22.4 Å². The minimum atomic E-state index is 0.266. The number of hydrogen-bond acceptors (Lipinski definition) is 4. The molecular weight excluding hydrogens is 290 g/mol. The second-order valence-corrected chi connectivity index (χ2v) is 5.48. The van der Waals surface area contributed by atoms with Gasteiger partial charge in [-0.1, -0.05) is 11.6 Å². The minimum absolute atomic E-state index is 0.266. The number of nitrogens with zero attached hydrogens (tertiary/aromatic N) is 3. The Morgan fingerprint density at radius 3 is 3.17 bits per heavy atom. The molecule has 0 atom stereocenters. The summed E-state index contributed by atoms with van der Waals surface area (Å²) >= 11 is 12.6. The summed E-state index contributed by atoms with van der Waals surface area (Å²) in [5.74, 6) is 0. The molecule has 96 valence electrons. The molecule has 5 nitrogen and oxygen atoms in total.